The molecule has 0 saturated carbocycles. The van der Waals surface area contributed by atoms with Gasteiger partial charge in [-0.3, -0.25) is 4.79 Å². The average molecular weight is 280 g/mol. The Bertz CT molecular complexity index is 353. The van der Waals surface area contributed by atoms with E-state index < -0.39 is 0 Å². The predicted molar refractivity (Wildman–Crippen MR) is 89.5 cm³/mol. The van der Waals surface area contributed by atoms with Crippen LogP contribution in [-0.2, 0) is 0 Å². The standard InChI is InChI=1S/C13H20N2O.2C2H6/c1-10-6-5-7-11(2)12(10)13(16)14-8-9-15(3)4;2*1-2/h5-7H,8-9H2,1-4H3,(H,14,16);2*1-2H3. The molecule has 3 nitrogen and oxygen atoms in total. The van der Waals surface area contributed by atoms with Gasteiger partial charge >= 0.3 is 0 Å². The van der Waals surface area contributed by atoms with Crippen molar-refractivity contribution < 1.29 is 4.79 Å². The van der Waals surface area contributed by atoms with Crippen molar-refractivity contribution in [3.8, 4) is 0 Å². The molecule has 0 heterocycles. The lowest BCUT2D eigenvalue weighted by atomic mass is 10.0. The number of benzene rings is 1. The Hall–Kier alpha value is -1.35. The zero-order valence-electron chi connectivity index (χ0n) is 14.5. The fourth-order valence-electron chi connectivity index (χ4n) is 1.65. The van der Waals surface area contributed by atoms with Crippen LogP contribution < -0.4 is 5.32 Å². The molecule has 0 saturated heterocycles. The van der Waals surface area contributed by atoms with Crippen LogP contribution in [0, 0.1) is 13.8 Å². The molecule has 20 heavy (non-hydrogen) atoms. The monoisotopic (exact) mass is 280 g/mol. The Morgan fingerprint density at radius 3 is 1.90 bits per heavy atom. The van der Waals surface area contributed by atoms with Gasteiger partial charge in [0.25, 0.3) is 5.91 Å². The highest BCUT2D eigenvalue weighted by atomic mass is 16.1. The number of hydrogen-bond acceptors (Lipinski definition) is 2. The van der Waals surface area contributed by atoms with E-state index in [1.807, 2.05) is 78.7 Å². The van der Waals surface area contributed by atoms with Gasteiger partial charge < -0.3 is 10.2 Å². The molecule has 0 aromatic heterocycles. The fraction of sp³-hybridized carbons (Fsp3) is 0.588. The summed E-state index contributed by atoms with van der Waals surface area (Å²) in [6, 6.07) is 5.91. The maximum absolute atomic E-state index is 11.9. The van der Waals surface area contributed by atoms with Crippen molar-refractivity contribution in [3.63, 3.8) is 0 Å². The van der Waals surface area contributed by atoms with Gasteiger partial charge in [-0.2, -0.15) is 0 Å². The third-order valence-electron chi connectivity index (χ3n) is 2.55. The van der Waals surface area contributed by atoms with E-state index in [0.29, 0.717) is 6.54 Å². The van der Waals surface area contributed by atoms with Gasteiger partial charge in [-0.05, 0) is 39.1 Å². The molecule has 0 atom stereocenters. The normalized spacial score (nSPS) is 9.05. The van der Waals surface area contributed by atoms with Gasteiger partial charge in [-0.15, -0.1) is 0 Å². The molecule has 116 valence electrons. The minimum atomic E-state index is 0.0254. The van der Waals surface area contributed by atoms with Gasteiger partial charge in [0.15, 0.2) is 0 Å². The molecule has 3 heteroatoms. The fourth-order valence-corrected chi connectivity index (χ4v) is 1.65. The van der Waals surface area contributed by atoms with Crippen LogP contribution in [0.4, 0.5) is 0 Å². The summed E-state index contributed by atoms with van der Waals surface area (Å²) in [4.78, 5) is 14.0. The molecular formula is C17H32N2O. The van der Waals surface area contributed by atoms with Crippen LogP contribution in [0.1, 0.15) is 49.2 Å². The van der Waals surface area contributed by atoms with Crippen molar-refractivity contribution >= 4 is 5.91 Å². The third-order valence-corrected chi connectivity index (χ3v) is 2.55. The van der Waals surface area contributed by atoms with Gasteiger partial charge in [-0.25, -0.2) is 0 Å². The van der Waals surface area contributed by atoms with Crippen LogP contribution in [0.5, 0.6) is 0 Å². The van der Waals surface area contributed by atoms with Crippen molar-refractivity contribution in [1.29, 1.82) is 0 Å². The molecule has 1 aromatic rings. The second-order valence-corrected chi connectivity index (χ2v) is 4.33. The molecule has 1 amide bonds. The maximum Gasteiger partial charge on any atom is 0.251 e. The van der Waals surface area contributed by atoms with E-state index in [1.54, 1.807) is 0 Å². The molecular weight excluding hydrogens is 248 g/mol. The summed E-state index contributed by atoms with van der Waals surface area (Å²) < 4.78 is 0. The number of likely N-dealkylation sites (N-methyl/N-ethyl adjacent to an activating group) is 1. The Morgan fingerprint density at radius 2 is 1.50 bits per heavy atom. The Balaban J connectivity index is 0. The first-order chi connectivity index (χ1) is 9.52. The van der Waals surface area contributed by atoms with Crippen LogP contribution >= 0.6 is 0 Å². The van der Waals surface area contributed by atoms with Crippen molar-refractivity contribution in [3.05, 3.63) is 34.9 Å². The number of nitrogens with one attached hydrogen (secondary N) is 1. The van der Waals surface area contributed by atoms with Gasteiger partial charge in [0.1, 0.15) is 0 Å². The third kappa shape index (κ3) is 7.95. The lowest BCUT2D eigenvalue weighted by Crippen LogP contribution is -2.32. The molecule has 1 N–H and O–H groups in total. The molecule has 0 aliphatic rings. The van der Waals surface area contributed by atoms with Gasteiger partial charge in [0, 0.05) is 18.7 Å². The summed E-state index contributed by atoms with van der Waals surface area (Å²) in [5.41, 5.74) is 2.87. The zero-order valence-corrected chi connectivity index (χ0v) is 14.5. The highest BCUT2D eigenvalue weighted by molar-refractivity contribution is 5.97. The van der Waals surface area contributed by atoms with Gasteiger partial charge in [0.05, 0.1) is 0 Å². The highest BCUT2D eigenvalue weighted by Gasteiger charge is 2.10. The summed E-state index contributed by atoms with van der Waals surface area (Å²) in [5.74, 6) is 0.0254. The first-order valence-electron chi connectivity index (χ1n) is 7.51. The summed E-state index contributed by atoms with van der Waals surface area (Å²) in [6.45, 7) is 13.5. The number of hydrogen-bond donors (Lipinski definition) is 1. The van der Waals surface area contributed by atoms with Crippen molar-refractivity contribution in [2.75, 3.05) is 27.2 Å². The lowest BCUT2D eigenvalue weighted by Gasteiger charge is -2.12. The van der Waals surface area contributed by atoms with E-state index in [-0.39, 0.29) is 5.91 Å². The summed E-state index contributed by atoms with van der Waals surface area (Å²) in [6.07, 6.45) is 0. The molecule has 0 aliphatic carbocycles. The Labute approximate surface area is 125 Å². The molecule has 0 aliphatic heterocycles. The van der Waals surface area contributed by atoms with E-state index in [9.17, 15) is 4.79 Å². The predicted octanol–water partition coefficient (Wildman–Crippen LogP) is 3.65. The van der Waals surface area contributed by atoms with Crippen LogP contribution in [0.2, 0.25) is 0 Å². The van der Waals surface area contributed by atoms with Crippen molar-refractivity contribution in [1.82, 2.24) is 10.2 Å². The molecule has 0 spiro atoms. The summed E-state index contributed by atoms with van der Waals surface area (Å²) in [7, 11) is 3.98. The van der Waals surface area contributed by atoms with E-state index in [0.717, 1.165) is 23.2 Å². The first kappa shape index (κ1) is 21.0. The van der Waals surface area contributed by atoms with Crippen LogP contribution in [-0.4, -0.2) is 38.0 Å². The molecule has 0 radical (unpaired) electrons. The number of amides is 1. The number of carbonyl (C=O) groups excluding carboxylic acids is 1. The number of aryl methyl sites for hydroxylation is 2. The first-order valence-corrected chi connectivity index (χ1v) is 7.51. The second-order valence-electron chi connectivity index (χ2n) is 4.33. The van der Waals surface area contributed by atoms with Crippen LogP contribution in [0.15, 0.2) is 18.2 Å². The molecule has 0 fully saturated rings. The topological polar surface area (TPSA) is 32.3 Å². The zero-order chi connectivity index (χ0) is 16.1. The number of carbonyl (C=O) groups is 1. The van der Waals surface area contributed by atoms with E-state index in [2.05, 4.69) is 5.32 Å². The van der Waals surface area contributed by atoms with E-state index in [1.165, 1.54) is 0 Å². The number of nitrogens with zero attached hydrogens (tertiary/aromatic N) is 1. The van der Waals surface area contributed by atoms with Gasteiger partial charge in [-0.1, -0.05) is 45.9 Å². The molecule has 0 bridgehead atoms. The Kier molecular flexibility index (Phi) is 13.3. The quantitative estimate of drug-likeness (QED) is 0.913. The maximum atomic E-state index is 11.9. The number of rotatable bonds is 4. The van der Waals surface area contributed by atoms with Crippen molar-refractivity contribution in [2.24, 2.45) is 0 Å². The SMILES string of the molecule is CC.CC.Cc1cccc(C)c1C(=O)NCCN(C)C. The van der Waals surface area contributed by atoms with Crippen LogP contribution in [0.3, 0.4) is 0 Å². The second kappa shape index (κ2) is 12.7. The summed E-state index contributed by atoms with van der Waals surface area (Å²) >= 11 is 0. The van der Waals surface area contributed by atoms with E-state index >= 15 is 0 Å². The average Bonchev–Trinajstić information content (AvgIpc) is 2.42. The van der Waals surface area contributed by atoms with Gasteiger partial charge in [0.2, 0.25) is 0 Å². The Morgan fingerprint density at radius 1 is 1.05 bits per heavy atom. The van der Waals surface area contributed by atoms with Crippen molar-refractivity contribution in [2.45, 2.75) is 41.5 Å². The lowest BCUT2D eigenvalue weighted by molar-refractivity contribution is 0.0950. The molecule has 1 rings (SSSR count). The summed E-state index contributed by atoms with van der Waals surface area (Å²) in [5, 5.41) is 2.93. The molecule has 0 unspecified atom stereocenters. The minimum absolute atomic E-state index is 0.0254. The largest absolute Gasteiger partial charge is 0.351 e. The van der Waals surface area contributed by atoms with E-state index in [4.69, 9.17) is 0 Å². The highest BCUT2D eigenvalue weighted by Crippen LogP contribution is 2.12. The van der Waals surface area contributed by atoms with Crippen LogP contribution in [0.25, 0.3) is 0 Å². The minimum Gasteiger partial charge on any atom is -0.351 e. The smallest absolute Gasteiger partial charge is 0.251 e. The molecule has 1 aromatic carbocycles.